The number of nitrogens with two attached hydrogens (primary N) is 1. The Morgan fingerprint density at radius 2 is 2.17 bits per heavy atom. The molecule has 0 aliphatic heterocycles. The number of primary amides is 1. The molecule has 0 saturated heterocycles. The minimum atomic E-state index is -0.622. The molecule has 1 amide bonds. The smallest absolute Gasteiger partial charge is 0.267 e. The van der Waals surface area contributed by atoms with E-state index in [0.717, 1.165) is 6.07 Å². The maximum absolute atomic E-state index is 13.7. The summed E-state index contributed by atoms with van der Waals surface area (Å²) < 4.78 is 15.1. The molecular formula is C11H10ClFN4O. The molecule has 2 N–H and O–H groups in total. The lowest BCUT2D eigenvalue weighted by atomic mass is 10.1. The molecule has 0 aromatic carbocycles. The van der Waals surface area contributed by atoms with E-state index < -0.39 is 11.7 Å². The van der Waals surface area contributed by atoms with E-state index in [0.29, 0.717) is 5.56 Å². The molecule has 0 spiro atoms. The molecule has 0 bridgehead atoms. The fourth-order valence-electron chi connectivity index (χ4n) is 1.79. The summed E-state index contributed by atoms with van der Waals surface area (Å²) in [6.45, 7) is 1.64. The van der Waals surface area contributed by atoms with E-state index >= 15 is 0 Å². The third-order valence-corrected chi connectivity index (χ3v) is 2.76. The number of hydrogen-bond acceptors (Lipinski definition) is 3. The van der Waals surface area contributed by atoms with Crippen molar-refractivity contribution in [3.63, 3.8) is 0 Å². The van der Waals surface area contributed by atoms with Crippen LogP contribution in [-0.2, 0) is 7.05 Å². The van der Waals surface area contributed by atoms with Crippen LogP contribution in [0.3, 0.4) is 0 Å². The van der Waals surface area contributed by atoms with Crippen molar-refractivity contribution >= 4 is 17.5 Å². The monoisotopic (exact) mass is 268 g/mol. The van der Waals surface area contributed by atoms with Crippen LogP contribution in [0.1, 0.15) is 16.1 Å². The summed E-state index contributed by atoms with van der Waals surface area (Å²) in [5.41, 5.74) is 6.26. The van der Waals surface area contributed by atoms with E-state index in [4.69, 9.17) is 17.3 Å². The van der Waals surface area contributed by atoms with Gasteiger partial charge in [0.15, 0.2) is 5.82 Å². The number of aryl methyl sites for hydroxylation is 1. The second-order valence-electron chi connectivity index (χ2n) is 3.79. The van der Waals surface area contributed by atoms with Gasteiger partial charge in [-0.25, -0.2) is 9.37 Å². The molecule has 2 aromatic heterocycles. The number of hydrogen-bond donors (Lipinski definition) is 1. The zero-order chi connectivity index (χ0) is 13.4. The van der Waals surface area contributed by atoms with E-state index in [1.807, 2.05) is 0 Å². The van der Waals surface area contributed by atoms with Gasteiger partial charge in [0.05, 0.1) is 5.02 Å². The molecule has 0 aliphatic carbocycles. The maximum Gasteiger partial charge on any atom is 0.267 e. The molecule has 94 valence electrons. The Morgan fingerprint density at radius 1 is 1.50 bits per heavy atom. The van der Waals surface area contributed by atoms with Gasteiger partial charge in [0, 0.05) is 18.8 Å². The molecule has 0 radical (unpaired) electrons. The fraction of sp³-hybridized carbons (Fsp3) is 0.182. The summed E-state index contributed by atoms with van der Waals surface area (Å²) >= 11 is 5.63. The summed E-state index contributed by atoms with van der Waals surface area (Å²) in [5, 5.41) is 4.26. The van der Waals surface area contributed by atoms with Crippen LogP contribution in [-0.4, -0.2) is 20.7 Å². The molecule has 0 fully saturated rings. The molecule has 7 heteroatoms. The van der Waals surface area contributed by atoms with Crippen molar-refractivity contribution < 1.29 is 9.18 Å². The van der Waals surface area contributed by atoms with Crippen molar-refractivity contribution in [1.29, 1.82) is 0 Å². The highest BCUT2D eigenvalue weighted by Gasteiger charge is 2.20. The van der Waals surface area contributed by atoms with Crippen LogP contribution in [0.5, 0.6) is 0 Å². The second-order valence-corrected chi connectivity index (χ2v) is 4.23. The predicted octanol–water partition coefficient (Wildman–Crippen LogP) is 1.68. The molecule has 2 rings (SSSR count). The third kappa shape index (κ3) is 1.95. The Morgan fingerprint density at radius 3 is 2.67 bits per heavy atom. The van der Waals surface area contributed by atoms with Gasteiger partial charge in [-0.1, -0.05) is 11.6 Å². The molecular weight excluding hydrogens is 259 g/mol. The van der Waals surface area contributed by atoms with Crippen LogP contribution in [0.15, 0.2) is 12.3 Å². The maximum atomic E-state index is 13.7. The SMILES string of the molecule is Cc1c(-c2ncc(Cl)cc2F)nn(C)c1C(N)=O. The van der Waals surface area contributed by atoms with Crippen LogP contribution < -0.4 is 5.73 Å². The first-order chi connectivity index (χ1) is 8.41. The van der Waals surface area contributed by atoms with Gasteiger partial charge < -0.3 is 5.73 Å². The average molecular weight is 269 g/mol. The summed E-state index contributed by atoms with van der Waals surface area (Å²) in [6, 6.07) is 1.14. The average Bonchev–Trinajstić information content (AvgIpc) is 2.54. The number of carbonyl (C=O) groups is 1. The molecule has 0 atom stereocenters. The number of amides is 1. The highest BCUT2D eigenvalue weighted by Crippen LogP contribution is 2.26. The van der Waals surface area contributed by atoms with Gasteiger partial charge in [-0.05, 0) is 13.0 Å². The quantitative estimate of drug-likeness (QED) is 0.900. The zero-order valence-electron chi connectivity index (χ0n) is 9.74. The number of aromatic nitrogens is 3. The van der Waals surface area contributed by atoms with Crippen molar-refractivity contribution in [2.45, 2.75) is 6.92 Å². The van der Waals surface area contributed by atoms with E-state index in [1.165, 1.54) is 10.9 Å². The lowest BCUT2D eigenvalue weighted by molar-refractivity contribution is 0.0991. The van der Waals surface area contributed by atoms with Crippen LogP contribution in [0, 0.1) is 12.7 Å². The van der Waals surface area contributed by atoms with E-state index in [2.05, 4.69) is 10.1 Å². The second kappa shape index (κ2) is 4.38. The summed E-state index contributed by atoms with van der Waals surface area (Å²) in [7, 11) is 1.56. The molecule has 0 saturated carbocycles. The molecule has 18 heavy (non-hydrogen) atoms. The molecule has 0 unspecified atom stereocenters. The Balaban J connectivity index is 2.65. The van der Waals surface area contributed by atoms with Crippen LogP contribution >= 0.6 is 11.6 Å². The first-order valence-corrected chi connectivity index (χ1v) is 5.44. The van der Waals surface area contributed by atoms with Crippen LogP contribution in [0.4, 0.5) is 4.39 Å². The molecule has 2 heterocycles. The standard InChI is InChI=1S/C11H10ClFN4O/c1-5-8(16-17(2)10(5)11(14)18)9-7(13)3-6(12)4-15-9/h3-4H,1-2H3,(H2,14,18). The third-order valence-electron chi connectivity index (χ3n) is 2.55. The number of halogens is 2. The van der Waals surface area contributed by atoms with E-state index in [-0.39, 0.29) is 22.1 Å². The topological polar surface area (TPSA) is 73.8 Å². The summed E-state index contributed by atoms with van der Waals surface area (Å²) in [5.74, 6) is -1.22. The van der Waals surface area contributed by atoms with Gasteiger partial charge in [0.2, 0.25) is 0 Å². The van der Waals surface area contributed by atoms with Gasteiger partial charge in [-0.2, -0.15) is 5.10 Å². The first-order valence-electron chi connectivity index (χ1n) is 5.06. The largest absolute Gasteiger partial charge is 0.364 e. The fourth-order valence-corrected chi connectivity index (χ4v) is 1.93. The number of nitrogens with zero attached hydrogens (tertiary/aromatic N) is 3. The zero-order valence-corrected chi connectivity index (χ0v) is 10.5. The van der Waals surface area contributed by atoms with Crippen molar-refractivity contribution in [3.8, 4) is 11.4 Å². The molecule has 2 aromatic rings. The van der Waals surface area contributed by atoms with Crippen LogP contribution in [0.25, 0.3) is 11.4 Å². The Kier molecular flexibility index (Phi) is 3.04. The van der Waals surface area contributed by atoms with Crippen molar-refractivity contribution in [2.24, 2.45) is 12.8 Å². The molecule has 5 nitrogen and oxygen atoms in total. The van der Waals surface area contributed by atoms with Gasteiger partial charge >= 0.3 is 0 Å². The van der Waals surface area contributed by atoms with E-state index in [9.17, 15) is 9.18 Å². The number of carbonyl (C=O) groups excluding carboxylic acids is 1. The summed E-state index contributed by atoms with van der Waals surface area (Å²) in [6.07, 6.45) is 1.32. The minimum absolute atomic E-state index is 0.0417. The Hall–Kier alpha value is -1.95. The minimum Gasteiger partial charge on any atom is -0.364 e. The van der Waals surface area contributed by atoms with Crippen molar-refractivity contribution in [2.75, 3.05) is 0 Å². The highest BCUT2D eigenvalue weighted by molar-refractivity contribution is 6.30. The number of rotatable bonds is 2. The summed E-state index contributed by atoms with van der Waals surface area (Å²) in [4.78, 5) is 15.1. The predicted molar refractivity (Wildman–Crippen MR) is 64.7 cm³/mol. The highest BCUT2D eigenvalue weighted by atomic mass is 35.5. The van der Waals surface area contributed by atoms with Gasteiger partial charge in [0.1, 0.15) is 17.1 Å². The number of pyridine rings is 1. The van der Waals surface area contributed by atoms with Gasteiger partial charge in [-0.15, -0.1) is 0 Å². The van der Waals surface area contributed by atoms with Crippen molar-refractivity contribution in [3.05, 3.63) is 34.4 Å². The Labute approximate surface area is 107 Å². The first kappa shape index (κ1) is 12.5. The van der Waals surface area contributed by atoms with Gasteiger partial charge in [0.25, 0.3) is 5.91 Å². The Bertz CT molecular complexity index is 638. The molecule has 0 aliphatic rings. The normalized spacial score (nSPS) is 10.7. The lowest BCUT2D eigenvalue weighted by Crippen LogP contribution is -2.16. The lowest BCUT2D eigenvalue weighted by Gasteiger charge is -2.00. The van der Waals surface area contributed by atoms with E-state index in [1.54, 1.807) is 14.0 Å². The van der Waals surface area contributed by atoms with Gasteiger partial charge in [-0.3, -0.25) is 9.48 Å². The van der Waals surface area contributed by atoms with Crippen LogP contribution in [0.2, 0.25) is 5.02 Å². The van der Waals surface area contributed by atoms with Crippen molar-refractivity contribution in [1.82, 2.24) is 14.8 Å².